The number of rotatable bonds is 5. The van der Waals surface area contributed by atoms with Crippen molar-refractivity contribution < 1.29 is 0 Å². The third-order valence-electron chi connectivity index (χ3n) is 24.5. The molecule has 0 amide bonds. The Hall–Kier alpha value is -10.4. The zero-order valence-corrected chi connectivity index (χ0v) is 67.0. The van der Waals surface area contributed by atoms with Gasteiger partial charge < -0.3 is 29.8 Å². The van der Waals surface area contributed by atoms with Crippen molar-refractivity contribution in [2.75, 3.05) is 29.8 Å². The Morgan fingerprint density at radius 1 is 0.278 bits per heavy atom. The van der Waals surface area contributed by atoms with Crippen molar-refractivity contribution in [3.8, 4) is 0 Å². The standard InChI is InChI=1S/C97H89B3N6S2/c1-53-37-56(4)88(57(5)38-53)104-75-51-73-69(99-85-74(101-73)43-62(95(10,11)12)44-78(85)102(65-29-21-19-22-30-65)91-67-33-25-27-35-83(67)107-93(91)99)49-70(75)98-71-50-72-77(52-76(71)105(89-58(6)39-54(2)40-59(89)7)81-47-64(97(16,17)18)46-80(104)86(81)98)106(90-60(8)41-55(3)42-61(90)9)82-48-63(96(13,14)15)45-79-87(82)100(72)94-92(68-34-26-28-36-84(68)108-94)103(79)66-31-23-20-24-32-66/h19-52,101H,1-18H3. The van der Waals surface area contributed by atoms with Gasteiger partial charge in [0.2, 0.25) is 0 Å². The molecule has 0 saturated carbocycles. The number of thiophene rings is 2. The first-order valence-electron chi connectivity index (χ1n) is 38.7. The highest BCUT2D eigenvalue weighted by Gasteiger charge is 2.53. The lowest BCUT2D eigenvalue weighted by Gasteiger charge is -2.49. The summed E-state index contributed by atoms with van der Waals surface area (Å²) in [6.45, 7) is 42.0. The van der Waals surface area contributed by atoms with Crippen molar-refractivity contribution in [1.29, 1.82) is 0 Å². The molecule has 108 heavy (non-hydrogen) atoms. The minimum Gasteiger partial charge on any atom is -0.356 e. The predicted molar refractivity (Wildman–Crippen MR) is 473 cm³/mol. The number of nitrogens with one attached hydrogen (secondary N) is 1. The Kier molecular flexibility index (Phi) is 14.4. The molecule has 1 N–H and O–H groups in total. The van der Waals surface area contributed by atoms with Crippen LogP contribution in [0.4, 0.5) is 96.7 Å². The molecule has 0 spiro atoms. The first-order valence-corrected chi connectivity index (χ1v) is 40.4. The largest absolute Gasteiger partial charge is 0.356 e. The second-order valence-corrected chi connectivity index (χ2v) is 37.3. The Bertz CT molecular complexity index is 6210. The second kappa shape index (κ2) is 23.3. The van der Waals surface area contributed by atoms with Crippen LogP contribution in [0.5, 0.6) is 0 Å². The molecule has 6 aliphatic heterocycles. The van der Waals surface area contributed by atoms with Crippen LogP contribution in [-0.2, 0) is 16.2 Å². The van der Waals surface area contributed by atoms with Crippen LogP contribution in [0.25, 0.3) is 20.2 Å². The Balaban J connectivity index is 0.958. The molecule has 0 unspecified atom stereocenters. The normalized spacial score (nSPS) is 14.3. The van der Waals surface area contributed by atoms with Crippen molar-refractivity contribution >= 4 is 207 Å². The van der Waals surface area contributed by atoms with E-state index in [1.807, 2.05) is 22.7 Å². The lowest BCUT2D eigenvalue weighted by molar-refractivity contribution is 0.590. The van der Waals surface area contributed by atoms with Crippen LogP contribution >= 0.6 is 22.7 Å². The number of benzene rings is 12. The molecule has 6 nitrogen and oxygen atoms in total. The third-order valence-corrected chi connectivity index (χ3v) is 26.9. The van der Waals surface area contributed by atoms with Crippen molar-refractivity contribution in [2.24, 2.45) is 0 Å². The molecule has 20 rings (SSSR count). The molecule has 2 aromatic heterocycles. The minimum atomic E-state index is -0.246. The summed E-state index contributed by atoms with van der Waals surface area (Å²) in [4.78, 5) is 13.5. The van der Waals surface area contributed by atoms with Gasteiger partial charge in [-0.1, -0.05) is 200 Å². The number of hydrogen-bond acceptors (Lipinski definition) is 8. The molecule has 0 bridgehead atoms. The third kappa shape index (κ3) is 9.65. The van der Waals surface area contributed by atoms with E-state index in [-0.39, 0.29) is 36.4 Å². The van der Waals surface area contributed by atoms with E-state index in [2.05, 4.69) is 361 Å². The molecule has 0 atom stereocenters. The van der Waals surface area contributed by atoms with E-state index in [0.717, 1.165) is 11.4 Å². The van der Waals surface area contributed by atoms with E-state index in [1.54, 1.807) is 0 Å². The predicted octanol–water partition coefficient (Wildman–Crippen LogP) is 21.3. The zero-order chi connectivity index (χ0) is 74.5. The van der Waals surface area contributed by atoms with Crippen molar-refractivity contribution in [1.82, 2.24) is 0 Å². The molecule has 0 aliphatic carbocycles. The van der Waals surface area contributed by atoms with Crippen LogP contribution < -0.4 is 77.6 Å². The van der Waals surface area contributed by atoms with Gasteiger partial charge in [-0.3, -0.25) is 0 Å². The SMILES string of the molecule is Cc1cc(C)c(N2c3cc4c(cc3B3c5cc6c(cc5N(c5c(C)cc(C)cc5C)c5cc(C(C)(C)C)cc2c53)N(c2c(C)cc(C)cc2C)c2cc(C(C)(C)C)cc3c2B6c2sc5ccccc5c2N3c2ccccc2)B2c3sc5ccccc5c3N(c3ccccc3)c3cc(C(C)(C)C)cc(c32)N4)c(C)c1. The van der Waals surface area contributed by atoms with Gasteiger partial charge >= 0.3 is 0 Å². The summed E-state index contributed by atoms with van der Waals surface area (Å²) in [5.74, 6) is 0. The number of nitrogens with zero attached hydrogens (tertiary/aromatic N) is 5. The highest BCUT2D eigenvalue weighted by molar-refractivity contribution is 7.34. The van der Waals surface area contributed by atoms with Gasteiger partial charge in [-0.25, -0.2) is 0 Å². The fourth-order valence-corrected chi connectivity index (χ4v) is 22.7. The van der Waals surface area contributed by atoms with E-state index in [1.165, 1.54) is 220 Å². The summed E-state index contributed by atoms with van der Waals surface area (Å²) in [7, 11) is 0. The summed E-state index contributed by atoms with van der Waals surface area (Å²) in [6, 6.07) is 81.6. The molecular formula is C97H89B3N6S2. The van der Waals surface area contributed by atoms with Crippen LogP contribution in [0.1, 0.15) is 129 Å². The van der Waals surface area contributed by atoms with Gasteiger partial charge in [-0.05, 0) is 252 Å². The van der Waals surface area contributed by atoms with Crippen LogP contribution in [0.15, 0.2) is 206 Å². The van der Waals surface area contributed by atoms with Crippen molar-refractivity contribution in [3.05, 3.63) is 273 Å². The van der Waals surface area contributed by atoms with Crippen LogP contribution in [0.2, 0.25) is 0 Å². The maximum Gasteiger partial charge on any atom is 0.264 e. The average Bonchev–Trinajstić information content (AvgIpc) is 0.970. The lowest BCUT2D eigenvalue weighted by Crippen LogP contribution is -2.66. The summed E-state index contributed by atoms with van der Waals surface area (Å²) in [5, 5.41) is 6.93. The molecule has 8 heterocycles. The Labute approximate surface area is 646 Å². The fourth-order valence-electron chi connectivity index (χ4n) is 20.0. The Morgan fingerprint density at radius 2 is 0.602 bits per heavy atom. The second-order valence-electron chi connectivity index (χ2n) is 35.2. The monoisotopic (exact) mass is 1430 g/mol. The van der Waals surface area contributed by atoms with Gasteiger partial charge in [0, 0.05) is 98.0 Å². The molecule has 528 valence electrons. The quantitative estimate of drug-likeness (QED) is 0.173. The van der Waals surface area contributed by atoms with Crippen LogP contribution in [0.3, 0.4) is 0 Å². The van der Waals surface area contributed by atoms with E-state index in [9.17, 15) is 0 Å². The number of aryl methyl sites for hydroxylation is 9. The first kappa shape index (κ1) is 66.9. The zero-order valence-electron chi connectivity index (χ0n) is 65.4. The topological polar surface area (TPSA) is 28.2 Å². The number of para-hydroxylation sites is 2. The molecule has 12 aromatic carbocycles. The molecule has 14 aromatic rings. The average molecular weight is 1440 g/mol. The summed E-state index contributed by atoms with van der Waals surface area (Å²) in [5.41, 5.74) is 44.6. The summed E-state index contributed by atoms with van der Waals surface area (Å²) >= 11 is 3.96. The fraction of sp³-hybridized carbons (Fsp3) is 0.216. The van der Waals surface area contributed by atoms with E-state index in [0.29, 0.717) is 0 Å². The van der Waals surface area contributed by atoms with Gasteiger partial charge in [-0.15, -0.1) is 22.7 Å². The maximum absolute atomic E-state index is 4.36. The van der Waals surface area contributed by atoms with Crippen molar-refractivity contribution in [3.63, 3.8) is 0 Å². The maximum atomic E-state index is 4.36. The first-order chi connectivity index (χ1) is 51.7. The lowest BCUT2D eigenvalue weighted by atomic mass is 9.30. The molecule has 0 saturated heterocycles. The van der Waals surface area contributed by atoms with Gasteiger partial charge in [0.15, 0.2) is 0 Å². The van der Waals surface area contributed by atoms with Gasteiger partial charge in [0.05, 0.1) is 28.4 Å². The highest BCUT2D eigenvalue weighted by Crippen LogP contribution is 2.56. The molecule has 0 fully saturated rings. The number of hydrogen-bond donors (Lipinski definition) is 1. The highest BCUT2D eigenvalue weighted by atomic mass is 32.1. The molecular weight excluding hydrogens is 1350 g/mol. The van der Waals surface area contributed by atoms with Crippen molar-refractivity contribution in [2.45, 2.75) is 141 Å². The smallest absolute Gasteiger partial charge is 0.264 e. The number of fused-ring (bicyclic) bond motifs is 16. The summed E-state index contributed by atoms with van der Waals surface area (Å²) < 4.78 is 5.33. The van der Waals surface area contributed by atoms with Gasteiger partial charge in [0.25, 0.3) is 20.1 Å². The van der Waals surface area contributed by atoms with E-state index >= 15 is 0 Å². The van der Waals surface area contributed by atoms with Gasteiger partial charge in [0.1, 0.15) is 0 Å². The van der Waals surface area contributed by atoms with E-state index in [4.69, 9.17) is 0 Å². The van der Waals surface area contributed by atoms with Crippen LogP contribution in [-0.4, -0.2) is 20.1 Å². The molecule has 11 heteroatoms. The van der Waals surface area contributed by atoms with Crippen LogP contribution in [0, 0.1) is 62.3 Å². The van der Waals surface area contributed by atoms with E-state index < -0.39 is 0 Å². The number of anilines is 17. The molecule has 0 radical (unpaired) electrons. The molecule has 6 aliphatic rings. The van der Waals surface area contributed by atoms with Gasteiger partial charge in [-0.2, -0.15) is 0 Å². The minimum absolute atomic E-state index is 0.0945. The summed E-state index contributed by atoms with van der Waals surface area (Å²) in [6.07, 6.45) is 0. The Morgan fingerprint density at radius 3 is 1.01 bits per heavy atom.